The van der Waals surface area contributed by atoms with Crippen molar-refractivity contribution in [2.45, 2.75) is 32.4 Å². The summed E-state index contributed by atoms with van der Waals surface area (Å²) in [6.45, 7) is 1.83. The maximum Gasteiger partial charge on any atom is 0.417 e. The first-order valence-electron chi connectivity index (χ1n) is 8.49. The van der Waals surface area contributed by atoms with Gasteiger partial charge in [0.15, 0.2) is 0 Å². The third kappa shape index (κ3) is 5.12. The molecular weight excluding hydrogens is 496 g/mol. The molecule has 30 heavy (non-hydrogen) atoms. The first kappa shape index (κ1) is 22.5. The summed E-state index contributed by atoms with van der Waals surface area (Å²) in [5.41, 5.74) is -1.12. The van der Waals surface area contributed by atoms with Gasteiger partial charge < -0.3 is 4.90 Å². The number of nitrogens with zero attached hydrogens (tertiary/aromatic N) is 3. The van der Waals surface area contributed by atoms with E-state index in [2.05, 4.69) is 25.3 Å². The minimum absolute atomic E-state index is 0.0202. The SMILES string of the molecule is Cc1nscc1CN(Cc1ccccn1)c1cc(C(F)(F)F)c(Br)c(C(F)(F)F)c1. The molecule has 0 aliphatic heterocycles. The molecule has 0 bridgehead atoms. The molecule has 2 aromatic heterocycles. The second-order valence-corrected chi connectivity index (χ2v) is 7.87. The lowest BCUT2D eigenvalue weighted by molar-refractivity contribution is -0.144. The van der Waals surface area contributed by atoms with Gasteiger partial charge in [-0.3, -0.25) is 4.98 Å². The monoisotopic (exact) mass is 509 g/mol. The molecule has 0 radical (unpaired) electrons. The van der Waals surface area contributed by atoms with E-state index in [0.717, 1.165) is 12.1 Å². The highest BCUT2D eigenvalue weighted by Crippen LogP contribution is 2.45. The summed E-state index contributed by atoms with van der Waals surface area (Å²) in [6.07, 6.45) is -8.43. The Hall–Kier alpha value is -2.14. The summed E-state index contributed by atoms with van der Waals surface area (Å²) in [6, 6.07) is 6.46. The van der Waals surface area contributed by atoms with Crippen LogP contribution in [0.1, 0.15) is 28.1 Å². The third-order valence-corrected chi connectivity index (χ3v) is 5.95. The molecule has 3 rings (SSSR count). The zero-order valence-electron chi connectivity index (χ0n) is 15.4. The normalized spacial score (nSPS) is 12.3. The number of hydrogen-bond donors (Lipinski definition) is 0. The molecular formula is C19H14BrF6N3S. The van der Waals surface area contributed by atoms with E-state index in [9.17, 15) is 26.3 Å². The molecule has 0 saturated heterocycles. The number of rotatable bonds is 5. The van der Waals surface area contributed by atoms with Gasteiger partial charge in [0.2, 0.25) is 0 Å². The van der Waals surface area contributed by atoms with Crippen molar-refractivity contribution in [3.8, 4) is 0 Å². The van der Waals surface area contributed by atoms with E-state index < -0.39 is 28.0 Å². The minimum atomic E-state index is -4.97. The predicted octanol–water partition coefficient (Wildman–Crippen LogP) is 6.85. The van der Waals surface area contributed by atoms with Crippen LogP contribution in [-0.4, -0.2) is 9.36 Å². The molecule has 160 valence electrons. The Balaban J connectivity index is 2.14. The maximum atomic E-state index is 13.5. The highest BCUT2D eigenvalue weighted by Gasteiger charge is 2.41. The number of aromatic nitrogens is 2. The fraction of sp³-hybridized carbons (Fsp3) is 0.263. The third-order valence-electron chi connectivity index (χ3n) is 4.32. The van der Waals surface area contributed by atoms with Gasteiger partial charge in [-0.25, -0.2) is 0 Å². The quantitative estimate of drug-likeness (QED) is 0.352. The molecule has 11 heteroatoms. The second kappa shape index (κ2) is 8.54. The number of alkyl halides is 6. The van der Waals surface area contributed by atoms with Crippen LogP contribution in [0.25, 0.3) is 0 Å². The van der Waals surface area contributed by atoms with Crippen LogP contribution >= 0.6 is 27.5 Å². The van der Waals surface area contributed by atoms with Gasteiger partial charge in [-0.2, -0.15) is 30.7 Å². The minimum Gasteiger partial charge on any atom is -0.361 e. The van der Waals surface area contributed by atoms with Gasteiger partial charge in [-0.05, 0) is 58.7 Å². The first-order valence-corrected chi connectivity index (χ1v) is 10.1. The molecule has 2 heterocycles. The number of hydrogen-bond acceptors (Lipinski definition) is 4. The first-order chi connectivity index (χ1) is 14.0. The molecule has 0 atom stereocenters. The van der Waals surface area contributed by atoms with Gasteiger partial charge in [0.25, 0.3) is 0 Å². The molecule has 0 spiro atoms. The lowest BCUT2D eigenvalue weighted by atomic mass is 10.1. The average Bonchev–Trinajstić information content (AvgIpc) is 3.05. The fourth-order valence-electron chi connectivity index (χ4n) is 2.80. The highest BCUT2D eigenvalue weighted by atomic mass is 79.9. The second-order valence-electron chi connectivity index (χ2n) is 6.45. The van der Waals surface area contributed by atoms with Gasteiger partial charge in [-0.1, -0.05) is 6.07 Å². The van der Waals surface area contributed by atoms with E-state index in [1.807, 2.05) is 0 Å². The molecule has 0 N–H and O–H groups in total. The number of anilines is 1. The Kier molecular flexibility index (Phi) is 6.42. The van der Waals surface area contributed by atoms with E-state index in [1.54, 1.807) is 30.5 Å². The summed E-state index contributed by atoms with van der Waals surface area (Å²) < 4.78 is 84.1. The number of halogens is 7. The number of pyridine rings is 1. The van der Waals surface area contributed by atoms with Gasteiger partial charge >= 0.3 is 12.4 Å². The van der Waals surface area contributed by atoms with Crippen LogP contribution in [0.15, 0.2) is 46.4 Å². The number of benzene rings is 1. The Morgan fingerprint density at radius 2 is 1.63 bits per heavy atom. The largest absolute Gasteiger partial charge is 0.417 e. The van der Waals surface area contributed by atoms with Gasteiger partial charge in [0.05, 0.1) is 29.1 Å². The molecule has 0 fully saturated rings. The zero-order valence-corrected chi connectivity index (χ0v) is 17.8. The van der Waals surface area contributed by atoms with Crippen molar-refractivity contribution in [3.63, 3.8) is 0 Å². The van der Waals surface area contributed by atoms with E-state index >= 15 is 0 Å². The Morgan fingerprint density at radius 1 is 1.00 bits per heavy atom. The molecule has 0 aliphatic carbocycles. The maximum absolute atomic E-state index is 13.5. The lowest BCUT2D eigenvalue weighted by Crippen LogP contribution is -2.24. The summed E-state index contributed by atoms with van der Waals surface area (Å²) in [5, 5.41) is 1.72. The van der Waals surface area contributed by atoms with E-state index in [0.29, 0.717) is 17.0 Å². The Morgan fingerprint density at radius 3 is 2.10 bits per heavy atom. The van der Waals surface area contributed by atoms with E-state index in [-0.39, 0.29) is 18.8 Å². The van der Waals surface area contributed by atoms with E-state index in [4.69, 9.17) is 0 Å². The van der Waals surface area contributed by atoms with Crippen molar-refractivity contribution in [2.75, 3.05) is 4.90 Å². The van der Waals surface area contributed by atoms with Crippen LogP contribution in [-0.2, 0) is 25.4 Å². The van der Waals surface area contributed by atoms with Crippen LogP contribution in [0.3, 0.4) is 0 Å². The lowest BCUT2D eigenvalue weighted by Gasteiger charge is -2.27. The van der Waals surface area contributed by atoms with Crippen molar-refractivity contribution in [3.05, 3.63) is 74.5 Å². The average molecular weight is 510 g/mol. The molecule has 0 aliphatic rings. The fourth-order valence-corrected chi connectivity index (χ4v) is 4.18. The summed E-state index contributed by atoms with van der Waals surface area (Å²) in [7, 11) is 0. The molecule has 1 aromatic carbocycles. The topological polar surface area (TPSA) is 29.0 Å². The van der Waals surface area contributed by atoms with Crippen LogP contribution in [0.2, 0.25) is 0 Å². The molecule has 0 unspecified atom stereocenters. The molecule has 0 amide bonds. The summed E-state index contributed by atoms with van der Waals surface area (Å²) in [4.78, 5) is 5.57. The Bertz CT molecular complexity index is 982. The van der Waals surface area contributed by atoms with Crippen LogP contribution in [0, 0.1) is 6.92 Å². The standard InChI is InChI=1S/C19H14BrF6N3S/c1-11-12(10-30-28-11)8-29(9-13-4-2-3-5-27-13)14-6-15(18(21,22)23)17(20)16(7-14)19(24,25)26/h2-7,10H,8-9H2,1H3. The zero-order chi connectivity index (χ0) is 22.1. The smallest absolute Gasteiger partial charge is 0.361 e. The van der Waals surface area contributed by atoms with Crippen molar-refractivity contribution in [1.29, 1.82) is 0 Å². The van der Waals surface area contributed by atoms with Crippen molar-refractivity contribution in [2.24, 2.45) is 0 Å². The highest BCUT2D eigenvalue weighted by molar-refractivity contribution is 9.10. The van der Waals surface area contributed by atoms with Crippen LogP contribution < -0.4 is 4.90 Å². The van der Waals surface area contributed by atoms with Gasteiger partial charge in [0, 0.05) is 33.8 Å². The summed E-state index contributed by atoms with van der Waals surface area (Å²) >= 11 is 3.66. The van der Waals surface area contributed by atoms with Gasteiger partial charge in [-0.15, -0.1) is 0 Å². The molecule has 3 nitrogen and oxygen atoms in total. The number of aryl methyl sites for hydroxylation is 1. The van der Waals surface area contributed by atoms with Crippen molar-refractivity contribution < 1.29 is 26.3 Å². The van der Waals surface area contributed by atoms with Crippen LogP contribution in [0.5, 0.6) is 0 Å². The molecule has 0 saturated carbocycles. The van der Waals surface area contributed by atoms with Gasteiger partial charge in [0.1, 0.15) is 0 Å². The van der Waals surface area contributed by atoms with Crippen molar-refractivity contribution >= 4 is 33.1 Å². The van der Waals surface area contributed by atoms with Crippen LogP contribution in [0.4, 0.5) is 32.0 Å². The molecule has 3 aromatic rings. The van der Waals surface area contributed by atoms with Crippen molar-refractivity contribution in [1.82, 2.24) is 9.36 Å². The summed E-state index contributed by atoms with van der Waals surface area (Å²) in [5.74, 6) is 0. The Labute approximate surface area is 180 Å². The predicted molar refractivity (Wildman–Crippen MR) is 105 cm³/mol. The van der Waals surface area contributed by atoms with E-state index in [1.165, 1.54) is 22.6 Å².